The Morgan fingerprint density at radius 2 is 2.07 bits per heavy atom. The Morgan fingerprint density at radius 1 is 1.33 bits per heavy atom. The highest BCUT2D eigenvalue weighted by Crippen LogP contribution is 2.28. The van der Waals surface area contributed by atoms with Crippen LogP contribution in [0.4, 0.5) is 11.4 Å². The number of nitrogens with one attached hydrogen (secondary N) is 1. The zero-order valence-electron chi connectivity index (χ0n) is 16.8. The number of nitriles is 1. The molecule has 1 heterocycles. The fourth-order valence-corrected chi connectivity index (χ4v) is 3.87. The van der Waals surface area contributed by atoms with Crippen molar-refractivity contribution >= 4 is 57.5 Å². The second-order valence-electron chi connectivity index (χ2n) is 6.88. The van der Waals surface area contributed by atoms with E-state index in [1.165, 1.54) is 23.3 Å². The summed E-state index contributed by atoms with van der Waals surface area (Å²) < 4.78 is 6.39. The summed E-state index contributed by atoms with van der Waals surface area (Å²) in [6.07, 6.45) is 2.20. The normalized spacial score (nSPS) is 11.4. The van der Waals surface area contributed by atoms with Gasteiger partial charge in [0.25, 0.3) is 0 Å². The Balaban J connectivity index is 1.95. The number of rotatable bonds is 5. The van der Waals surface area contributed by atoms with Gasteiger partial charge in [-0.05, 0) is 48.4 Å². The molecule has 9 heteroatoms. The van der Waals surface area contributed by atoms with Gasteiger partial charge in [-0.3, -0.25) is 0 Å². The monoisotopic (exact) mass is 439 g/mol. The van der Waals surface area contributed by atoms with E-state index in [-0.39, 0.29) is 5.92 Å². The Hall–Kier alpha value is -3.09. The van der Waals surface area contributed by atoms with Crippen LogP contribution in [0.25, 0.3) is 10.2 Å². The second kappa shape index (κ2) is 9.61. The lowest BCUT2D eigenvalue weighted by Crippen LogP contribution is -2.35. The summed E-state index contributed by atoms with van der Waals surface area (Å²) >= 11 is 5.77. The molecule has 0 saturated carbocycles. The number of thiazole rings is 1. The van der Waals surface area contributed by atoms with Crippen LogP contribution in [0.3, 0.4) is 0 Å². The van der Waals surface area contributed by atoms with Crippen molar-refractivity contribution in [2.24, 2.45) is 10.9 Å². The number of fused-ring (bicyclic) bond motifs is 1. The van der Waals surface area contributed by atoms with Crippen molar-refractivity contribution in [1.29, 1.82) is 5.26 Å². The number of aromatic nitrogens is 1. The summed E-state index contributed by atoms with van der Waals surface area (Å²) in [5.41, 5.74) is 2.69. The van der Waals surface area contributed by atoms with Gasteiger partial charge >= 0.3 is 5.97 Å². The summed E-state index contributed by atoms with van der Waals surface area (Å²) in [6, 6.07) is 12.4. The number of ether oxygens (including phenoxy) is 1. The lowest BCUT2D eigenvalue weighted by Gasteiger charge is -2.21. The molecule has 0 radical (unpaired) electrons. The van der Waals surface area contributed by atoms with Crippen molar-refractivity contribution in [3.05, 3.63) is 48.0 Å². The summed E-state index contributed by atoms with van der Waals surface area (Å²) in [5, 5.41) is 12.9. The van der Waals surface area contributed by atoms with Crippen LogP contribution in [0.2, 0.25) is 0 Å². The van der Waals surface area contributed by atoms with Crippen molar-refractivity contribution in [3.8, 4) is 6.19 Å². The standard InChI is InChI=1S/C21H21N5O2S2/c1-13(2)11-26(12-22)20(23-15-6-4-14(5-7-15)19(27)28-3)24-16-8-9-17-18(10-16)30-21(29)25-17/h4-10,13H,11H2,1-3H3,(H,23,24)(H,25,29). The number of esters is 1. The third kappa shape index (κ3) is 5.28. The van der Waals surface area contributed by atoms with Gasteiger partial charge < -0.3 is 10.1 Å². The van der Waals surface area contributed by atoms with Crippen LogP contribution in [-0.2, 0) is 4.74 Å². The second-order valence-corrected chi connectivity index (χ2v) is 8.64. The van der Waals surface area contributed by atoms with E-state index >= 15 is 0 Å². The lowest BCUT2D eigenvalue weighted by molar-refractivity contribution is 0.0601. The van der Waals surface area contributed by atoms with E-state index in [1.54, 1.807) is 24.3 Å². The molecule has 0 bridgehead atoms. The number of methoxy groups -OCH3 is 1. The minimum absolute atomic E-state index is 0.258. The Labute approximate surface area is 184 Å². The quantitative estimate of drug-likeness (QED) is 0.147. The summed E-state index contributed by atoms with van der Waals surface area (Å²) in [5.74, 6) is 0.247. The van der Waals surface area contributed by atoms with Crippen molar-refractivity contribution in [2.45, 2.75) is 18.2 Å². The number of guanidine groups is 1. The first kappa shape index (κ1) is 21.6. The fraction of sp³-hybridized carbons (Fsp3) is 0.238. The maximum absolute atomic E-state index is 11.6. The van der Waals surface area contributed by atoms with Gasteiger partial charge in [-0.25, -0.2) is 19.7 Å². The highest BCUT2D eigenvalue weighted by Gasteiger charge is 2.15. The molecule has 3 rings (SSSR count). The van der Waals surface area contributed by atoms with Crippen LogP contribution in [0.1, 0.15) is 24.2 Å². The average molecular weight is 440 g/mol. The molecule has 30 heavy (non-hydrogen) atoms. The maximum atomic E-state index is 11.6. The van der Waals surface area contributed by atoms with Gasteiger partial charge in [0, 0.05) is 12.2 Å². The molecule has 1 N–H and O–H groups in total. The minimum Gasteiger partial charge on any atom is -0.465 e. The molecule has 0 aliphatic carbocycles. The van der Waals surface area contributed by atoms with E-state index < -0.39 is 5.97 Å². The Morgan fingerprint density at radius 3 is 2.70 bits per heavy atom. The molecule has 1 aromatic heterocycles. The number of carbonyl (C=O) groups excluding carboxylic acids is 1. The number of hydrogen-bond donors (Lipinski definition) is 2. The van der Waals surface area contributed by atoms with Crippen LogP contribution in [0.15, 0.2) is 51.8 Å². The molecule has 0 fully saturated rings. The molecule has 0 aliphatic rings. The van der Waals surface area contributed by atoms with Gasteiger partial charge in [0.2, 0.25) is 5.96 Å². The summed E-state index contributed by atoms with van der Waals surface area (Å²) in [4.78, 5) is 22.2. The molecule has 0 spiro atoms. The molecular weight excluding hydrogens is 418 g/mol. The van der Waals surface area contributed by atoms with E-state index in [2.05, 4.69) is 34.1 Å². The van der Waals surface area contributed by atoms with Gasteiger partial charge in [-0.2, -0.15) is 5.26 Å². The number of aliphatic imine (C=N–C) groups is 1. The third-order valence-corrected chi connectivity index (χ3v) is 5.28. The predicted molar refractivity (Wildman–Crippen MR) is 123 cm³/mol. The fourth-order valence-electron chi connectivity index (χ4n) is 2.73. The number of nitrogens with zero attached hydrogens (tertiary/aromatic N) is 4. The van der Waals surface area contributed by atoms with Crippen LogP contribution in [0.5, 0.6) is 0 Å². The van der Waals surface area contributed by atoms with E-state index in [0.29, 0.717) is 33.8 Å². The highest BCUT2D eigenvalue weighted by atomic mass is 32.2. The summed E-state index contributed by atoms with van der Waals surface area (Å²) in [7, 11) is 1.34. The molecule has 0 atom stereocenters. The topological polar surface area (TPSA) is 90.6 Å². The van der Waals surface area contributed by atoms with Gasteiger partial charge in [0.05, 0.1) is 28.6 Å². The molecule has 0 amide bonds. The van der Waals surface area contributed by atoms with Gasteiger partial charge in [0.1, 0.15) is 4.34 Å². The van der Waals surface area contributed by atoms with Crippen molar-refractivity contribution < 1.29 is 9.53 Å². The molecule has 154 valence electrons. The number of anilines is 1. The first-order chi connectivity index (χ1) is 14.4. The van der Waals surface area contributed by atoms with Gasteiger partial charge in [-0.15, -0.1) is 24.0 Å². The first-order valence-corrected chi connectivity index (χ1v) is 10.5. The zero-order valence-corrected chi connectivity index (χ0v) is 18.5. The Bertz CT molecular complexity index is 1120. The van der Waals surface area contributed by atoms with E-state index in [0.717, 1.165) is 10.2 Å². The lowest BCUT2D eigenvalue weighted by atomic mass is 10.2. The molecule has 0 aliphatic heterocycles. The molecule has 7 nitrogen and oxygen atoms in total. The van der Waals surface area contributed by atoms with E-state index in [4.69, 9.17) is 4.74 Å². The maximum Gasteiger partial charge on any atom is 0.337 e. The average Bonchev–Trinajstić information content (AvgIpc) is 3.10. The molecular formula is C21H21N5O2S2. The number of carbonyl (C=O) groups is 1. The molecule has 2 aromatic carbocycles. The van der Waals surface area contributed by atoms with E-state index in [1.807, 2.05) is 32.0 Å². The Kier molecular flexibility index (Phi) is 6.92. The summed E-state index contributed by atoms with van der Waals surface area (Å²) in [6.45, 7) is 4.57. The molecule has 0 saturated heterocycles. The third-order valence-electron chi connectivity index (χ3n) is 4.08. The number of hydrogen-bond acceptors (Lipinski definition) is 7. The van der Waals surface area contributed by atoms with Gasteiger partial charge in [0.15, 0.2) is 6.19 Å². The number of benzene rings is 2. The largest absolute Gasteiger partial charge is 0.465 e. The number of thiol groups is 1. The van der Waals surface area contributed by atoms with Gasteiger partial charge in [-0.1, -0.05) is 13.8 Å². The molecule has 3 aromatic rings. The SMILES string of the molecule is COC(=O)c1ccc(NC(=Nc2ccc3nc(S)sc3c2)N(C#N)CC(C)C)cc1. The van der Waals surface area contributed by atoms with Crippen molar-refractivity contribution in [2.75, 3.05) is 19.0 Å². The van der Waals surface area contributed by atoms with Crippen LogP contribution >= 0.6 is 24.0 Å². The predicted octanol–water partition coefficient (Wildman–Crippen LogP) is 4.91. The van der Waals surface area contributed by atoms with Crippen molar-refractivity contribution in [1.82, 2.24) is 9.88 Å². The van der Waals surface area contributed by atoms with Crippen LogP contribution in [0, 0.1) is 17.4 Å². The first-order valence-electron chi connectivity index (χ1n) is 9.20. The van der Waals surface area contributed by atoms with Crippen LogP contribution in [-0.4, -0.2) is 35.5 Å². The van der Waals surface area contributed by atoms with Crippen LogP contribution < -0.4 is 5.32 Å². The molecule has 0 unspecified atom stereocenters. The zero-order chi connectivity index (χ0) is 21.7. The highest BCUT2D eigenvalue weighted by molar-refractivity contribution is 7.82. The smallest absolute Gasteiger partial charge is 0.337 e. The minimum atomic E-state index is -0.407. The van der Waals surface area contributed by atoms with Crippen molar-refractivity contribution in [3.63, 3.8) is 0 Å². The van der Waals surface area contributed by atoms with E-state index in [9.17, 15) is 10.1 Å².